The Morgan fingerprint density at radius 3 is 2.57 bits per heavy atom. The first-order valence-corrected chi connectivity index (χ1v) is 5.04. The number of ether oxygens (including phenoxy) is 1. The van der Waals surface area contributed by atoms with Crippen molar-refractivity contribution in [1.29, 1.82) is 0 Å². The molecule has 0 aromatic carbocycles. The normalized spacial score (nSPS) is 25.4. The molecular formula is C12H18O2. The van der Waals surface area contributed by atoms with Crippen LogP contribution in [0, 0.1) is 5.92 Å². The van der Waals surface area contributed by atoms with Gasteiger partial charge in [0, 0.05) is 5.57 Å². The van der Waals surface area contributed by atoms with E-state index in [1.807, 2.05) is 6.08 Å². The second-order valence-corrected chi connectivity index (χ2v) is 4.22. The van der Waals surface area contributed by atoms with Gasteiger partial charge in [-0.15, -0.1) is 0 Å². The van der Waals surface area contributed by atoms with Crippen LogP contribution in [-0.4, -0.2) is 11.6 Å². The Bertz CT molecular complexity index is 276. The quantitative estimate of drug-likeness (QED) is 0.392. The maximum Gasteiger partial charge on any atom is 0.333 e. The van der Waals surface area contributed by atoms with Crippen molar-refractivity contribution in [1.82, 2.24) is 0 Å². The van der Waals surface area contributed by atoms with Crippen molar-refractivity contribution >= 4 is 5.97 Å². The average Bonchev–Trinajstić information content (AvgIpc) is 2.53. The SMILES string of the molecule is C=C(C)C(=O)OC1(C(C)C)C=CCC1. The largest absolute Gasteiger partial charge is 0.451 e. The molecule has 1 aliphatic rings. The van der Waals surface area contributed by atoms with E-state index in [-0.39, 0.29) is 5.97 Å². The van der Waals surface area contributed by atoms with Gasteiger partial charge in [-0.1, -0.05) is 26.5 Å². The highest BCUT2D eigenvalue weighted by Crippen LogP contribution is 2.34. The van der Waals surface area contributed by atoms with E-state index >= 15 is 0 Å². The van der Waals surface area contributed by atoms with E-state index in [0.717, 1.165) is 12.8 Å². The summed E-state index contributed by atoms with van der Waals surface area (Å²) in [6.45, 7) is 9.41. The Morgan fingerprint density at radius 2 is 2.21 bits per heavy atom. The van der Waals surface area contributed by atoms with Crippen molar-refractivity contribution in [3.05, 3.63) is 24.3 Å². The van der Waals surface area contributed by atoms with Gasteiger partial charge in [0.2, 0.25) is 0 Å². The highest BCUT2D eigenvalue weighted by molar-refractivity contribution is 5.87. The summed E-state index contributed by atoms with van der Waals surface area (Å²) in [5, 5.41) is 0. The van der Waals surface area contributed by atoms with Gasteiger partial charge in [-0.2, -0.15) is 0 Å². The maximum atomic E-state index is 11.5. The van der Waals surface area contributed by atoms with Gasteiger partial charge in [-0.05, 0) is 31.8 Å². The summed E-state index contributed by atoms with van der Waals surface area (Å²) in [7, 11) is 0. The Kier molecular flexibility index (Phi) is 3.14. The fourth-order valence-corrected chi connectivity index (χ4v) is 1.62. The Balaban J connectivity index is 2.76. The van der Waals surface area contributed by atoms with Crippen LogP contribution < -0.4 is 0 Å². The first-order valence-electron chi connectivity index (χ1n) is 5.04. The minimum atomic E-state index is -0.393. The molecule has 0 aromatic rings. The van der Waals surface area contributed by atoms with E-state index in [4.69, 9.17) is 4.74 Å². The van der Waals surface area contributed by atoms with Crippen molar-refractivity contribution in [3.8, 4) is 0 Å². The molecule has 0 saturated carbocycles. The van der Waals surface area contributed by atoms with Crippen molar-refractivity contribution in [2.24, 2.45) is 5.92 Å². The van der Waals surface area contributed by atoms with Crippen LogP contribution >= 0.6 is 0 Å². The summed E-state index contributed by atoms with van der Waals surface area (Å²) in [6.07, 6.45) is 5.97. The van der Waals surface area contributed by atoms with Gasteiger partial charge in [-0.3, -0.25) is 0 Å². The lowest BCUT2D eigenvalue weighted by atomic mass is 9.89. The van der Waals surface area contributed by atoms with Crippen molar-refractivity contribution in [2.45, 2.75) is 39.2 Å². The standard InChI is InChI=1S/C12H18O2/c1-9(2)11(13)14-12(10(3)4)7-5-6-8-12/h5,7,10H,1,6,8H2,2-4H3. The van der Waals surface area contributed by atoms with E-state index < -0.39 is 5.60 Å². The zero-order valence-electron chi connectivity index (χ0n) is 9.17. The summed E-state index contributed by atoms with van der Waals surface area (Å²) in [6, 6.07) is 0. The molecule has 0 radical (unpaired) electrons. The first kappa shape index (κ1) is 11.0. The van der Waals surface area contributed by atoms with E-state index in [9.17, 15) is 4.79 Å². The third kappa shape index (κ3) is 2.06. The maximum absolute atomic E-state index is 11.5. The number of rotatable bonds is 3. The predicted octanol–water partition coefficient (Wildman–Crippen LogP) is 2.85. The Hall–Kier alpha value is -1.05. The predicted molar refractivity (Wildman–Crippen MR) is 56.8 cm³/mol. The van der Waals surface area contributed by atoms with E-state index in [0.29, 0.717) is 11.5 Å². The number of hydrogen-bond donors (Lipinski definition) is 0. The number of allylic oxidation sites excluding steroid dienone is 1. The molecule has 1 rings (SSSR count). The minimum Gasteiger partial charge on any atom is -0.451 e. The van der Waals surface area contributed by atoms with Gasteiger partial charge in [0.15, 0.2) is 0 Å². The second kappa shape index (κ2) is 3.99. The van der Waals surface area contributed by atoms with Crippen molar-refractivity contribution in [2.75, 3.05) is 0 Å². The number of carbonyl (C=O) groups excluding carboxylic acids is 1. The third-order valence-electron chi connectivity index (χ3n) is 2.71. The smallest absolute Gasteiger partial charge is 0.333 e. The number of esters is 1. The highest BCUT2D eigenvalue weighted by Gasteiger charge is 2.37. The molecule has 0 aliphatic heterocycles. The molecule has 2 nitrogen and oxygen atoms in total. The lowest BCUT2D eigenvalue weighted by molar-refractivity contribution is -0.153. The monoisotopic (exact) mass is 194 g/mol. The minimum absolute atomic E-state index is 0.287. The molecule has 0 N–H and O–H groups in total. The molecule has 0 heterocycles. The molecule has 14 heavy (non-hydrogen) atoms. The molecule has 0 saturated heterocycles. The molecule has 0 spiro atoms. The van der Waals surface area contributed by atoms with Crippen LogP contribution in [0.25, 0.3) is 0 Å². The van der Waals surface area contributed by atoms with Crippen molar-refractivity contribution in [3.63, 3.8) is 0 Å². The van der Waals surface area contributed by atoms with Crippen LogP contribution in [0.1, 0.15) is 33.6 Å². The van der Waals surface area contributed by atoms with E-state index in [1.54, 1.807) is 6.92 Å². The average molecular weight is 194 g/mol. The van der Waals surface area contributed by atoms with Crippen LogP contribution in [0.4, 0.5) is 0 Å². The molecule has 0 fully saturated rings. The van der Waals surface area contributed by atoms with E-state index in [1.165, 1.54) is 0 Å². The fraction of sp³-hybridized carbons (Fsp3) is 0.583. The van der Waals surface area contributed by atoms with Crippen LogP contribution in [0.15, 0.2) is 24.3 Å². The van der Waals surface area contributed by atoms with Crippen LogP contribution in [-0.2, 0) is 9.53 Å². The molecule has 1 aliphatic carbocycles. The molecule has 1 unspecified atom stereocenters. The van der Waals surface area contributed by atoms with Crippen LogP contribution in [0.3, 0.4) is 0 Å². The molecule has 0 aromatic heterocycles. The summed E-state index contributed by atoms with van der Waals surface area (Å²) in [4.78, 5) is 11.5. The van der Waals surface area contributed by atoms with Crippen LogP contribution in [0.5, 0.6) is 0 Å². The molecule has 2 heteroatoms. The van der Waals surface area contributed by atoms with Gasteiger partial charge in [0.1, 0.15) is 5.60 Å². The molecular weight excluding hydrogens is 176 g/mol. The summed E-state index contributed by atoms with van der Waals surface area (Å²) >= 11 is 0. The molecule has 1 atom stereocenters. The van der Waals surface area contributed by atoms with Gasteiger partial charge in [0.25, 0.3) is 0 Å². The Morgan fingerprint density at radius 1 is 1.57 bits per heavy atom. The summed E-state index contributed by atoms with van der Waals surface area (Å²) in [5.74, 6) is 0.0230. The fourth-order valence-electron chi connectivity index (χ4n) is 1.62. The zero-order valence-corrected chi connectivity index (χ0v) is 9.17. The third-order valence-corrected chi connectivity index (χ3v) is 2.71. The summed E-state index contributed by atoms with van der Waals surface area (Å²) in [5.41, 5.74) is 0.0704. The van der Waals surface area contributed by atoms with Crippen molar-refractivity contribution < 1.29 is 9.53 Å². The van der Waals surface area contributed by atoms with Gasteiger partial charge >= 0.3 is 5.97 Å². The topological polar surface area (TPSA) is 26.3 Å². The molecule has 0 amide bonds. The molecule has 0 bridgehead atoms. The number of carbonyl (C=O) groups is 1. The summed E-state index contributed by atoms with van der Waals surface area (Å²) < 4.78 is 5.50. The lowest BCUT2D eigenvalue weighted by Crippen LogP contribution is -2.36. The lowest BCUT2D eigenvalue weighted by Gasteiger charge is -2.31. The Labute approximate surface area is 85.6 Å². The second-order valence-electron chi connectivity index (χ2n) is 4.22. The van der Waals surface area contributed by atoms with Gasteiger partial charge < -0.3 is 4.74 Å². The van der Waals surface area contributed by atoms with Gasteiger partial charge in [0.05, 0.1) is 0 Å². The zero-order chi connectivity index (χ0) is 10.8. The number of hydrogen-bond acceptors (Lipinski definition) is 2. The highest BCUT2D eigenvalue weighted by atomic mass is 16.6. The molecule has 78 valence electrons. The van der Waals surface area contributed by atoms with Gasteiger partial charge in [-0.25, -0.2) is 4.79 Å². The van der Waals surface area contributed by atoms with E-state index in [2.05, 4.69) is 26.5 Å². The van der Waals surface area contributed by atoms with Crippen LogP contribution in [0.2, 0.25) is 0 Å². The first-order chi connectivity index (χ1) is 6.48.